The average molecular weight is 291 g/mol. The molecule has 0 bridgehead atoms. The Morgan fingerprint density at radius 2 is 1.85 bits per heavy atom. The molecule has 0 saturated heterocycles. The van der Waals surface area contributed by atoms with Gasteiger partial charge in [-0.05, 0) is 30.2 Å². The zero-order valence-electron chi connectivity index (χ0n) is 11.1. The number of benzene rings is 2. The summed E-state index contributed by atoms with van der Waals surface area (Å²) in [5, 5.41) is 14.4. The van der Waals surface area contributed by atoms with Crippen LogP contribution in [0.2, 0.25) is 5.02 Å². The first-order valence-corrected chi connectivity index (χ1v) is 6.79. The highest BCUT2D eigenvalue weighted by Crippen LogP contribution is 2.35. The standard InChI is InChI=1S/C15H15ClN2O2/c1-2-6-11-7-3-4-9-13(11)17-14-10-5-8-12(16)15(14)18(19)20/h3-5,7-10,17H,2,6H2,1H3. The fraction of sp³-hybridized carbons (Fsp3) is 0.200. The lowest BCUT2D eigenvalue weighted by atomic mass is 10.1. The number of rotatable bonds is 5. The third kappa shape index (κ3) is 3.08. The molecule has 0 aliphatic carbocycles. The van der Waals surface area contributed by atoms with E-state index in [4.69, 9.17) is 11.6 Å². The van der Waals surface area contributed by atoms with Crippen LogP contribution in [0.5, 0.6) is 0 Å². The van der Waals surface area contributed by atoms with Crippen molar-refractivity contribution in [1.82, 2.24) is 0 Å². The van der Waals surface area contributed by atoms with Gasteiger partial charge in [-0.3, -0.25) is 10.1 Å². The Bertz CT molecular complexity index is 629. The van der Waals surface area contributed by atoms with Crippen molar-refractivity contribution in [2.75, 3.05) is 5.32 Å². The summed E-state index contributed by atoms with van der Waals surface area (Å²) >= 11 is 5.91. The minimum Gasteiger partial charge on any atom is -0.350 e. The highest BCUT2D eigenvalue weighted by atomic mass is 35.5. The normalized spacial score (nSPS) is 10.3. The summed E-state index contributed by atoms with van der Waals surface area (Å²) in [6.07, 6.45) is 1.92. The molecule has 4 nitrogen and oxygen atoms in total. The van der Waals surface area contributed by atoms with E-state index >= 15 is 0 Å². The van der Waals surface area contributed by atoms with Gasteiger partial charge in [-0.2, -0.15) is 0 Å². The first-order chi connectivity index (χ1) is 9.63. The van der Waals surface area contributed by atoms with Crippen LogP contribution in [-0.4, -0.2) is 4.92 Å². The van der Waals surface area contributed by atoms with Crippen molar-refractivity contribution in [3.05, 3.63) is 63.2 Å². The van der Waals surface area contributed by atoms with Crippen LogP contribution < -0.4 is 5.32 Å². The first-order valence-electron chi connectivity index (χ1n) is 6.41. The lowest BCUT2D eigenvalue weighted by molar-refractivity contribution is -0.383. The van der Waals surface area contributed by atoms with Gasteiger partial charge in [0.05, 0.1) is 4.92 Å². The molecule has 104 valence electrons. The summed E-state index contributed by atoms with van der Waals surface area (Å²) in [7, 11) is 0. The lowest BCUT2D eigenvalue weighted by Gasteiger charge is -2.12. The average Bonchev–Trinajstić information content (AvgIpc) is 2.41. The lowest BCUT2D eigenvalue weighted by Crippen LogP contribution is -2.00. The molecule has 2 aromatic rings. The Kier molecular flexibility index (Phi) is 4.58. The molecule has 0 fully saturated rings. The molecule has 0 saturated carbocycles. The maximum atomic E-state index is 11.1. The molecular weight excluding hydrogens is 276 g/mol. The van der Waals surface area contributed by atoms with Crippen LogP contribution in [0, 0.1) is 10.1 Å². The first kappa shape index (κ1) is 14.3. The topological polar surface area (TPSA) is 55.2 Å². The Morgan fingerprint density at radius 3 is 2.55 bits per heavy atom. The molecule has 2 aromatic carbocycles. The SMILES string of the molecule is CCCc1ccccc1Nc1cccc(Cl)c1[N+](=O)[O-]. The molecule has 0 radical (unpaired) electrons. The fourth-order valence-electron chi connectivity index (χ4n) is 2.08. The minimum absolute atomic E-state index is 0.0968. The van der Waals surface area contributed by atoms with Gasteiger partial charge in [0.1, 0.15) is 10.7 Å². The summed E-state index contributed by atoms with van der Waals surface area (Å²) in [5.41, 5.74) is 2.32. The number of nitrogens with zero attached hydrogens (tertiary/aromatic N) is 1. The minimum atomic E-state index is -0.465. The van der Waals surface area contributed by atoms with Crippen LogP contribution in [0.15, 0.2) is 42.5 Å². The van der Waals surface area contributed by atoms with Crippen LogP contribution >= 0.6 is 11.6 Å². The Morgan fingerprint density at radius 1 is 1.15 bits per heavy atom. The molecule has 0 amide bonds. The molecule has 5 heteroatoms. The summed E-state index contributed by atoms with van der Waals surface area (Å²) in [4.78, 5) is 10.7. The molecule has 1 N–H and O–H groups in total. The van der Waals surface area contributed by atoms with Crippen molar-refractivity contribution in [1.29, 1.82) is 0 Å². The number of nitro groups is 1. The van der Waals surface area contributed by atoms with E-state index in [2.05, 4.69) is 12.2 Å². The molecular formula is C15H15ClN2O2. The number of halogens is 1. The molecule has 0 unspecified atom stereocenters. The summed E-state index contributed by atoms with van der Waals surface area (Å²) in [5.74, 6) is 0. The highest BCUT2D eigenvalue weighted by molar-refractivity contribution is 6.33. The molecule has 20 heavy (non-hydrogen) atoms. The second kappa shape index (κ2) is 6.39. The maximum absolute atomic E-state index is 11.1. The van der Waals surface area contributed by atoms with E-state index in [9.17, 15) is 10.1 Å². The van der Waals surface area contributed by atoms with E-state index in [1.54, 1.807) is 12.1 Å². The van der Waals surface area contributed by atoms with E-state index in [0.717, 1.165) is 24.1 Å². The van der Waals surface area contributed by atoms with Gasteiger partial charge in [0.2, 0.25) is 0 Å². The second-order valence-electron chi connectivity index (χ2n) is 4.43. The third-order valence-corrected chi connectivity index (χ3v) is 3.28. The van der Waals surface area contributed by atoms with Crippen LogP contribution in [0.25, 0.3) is 0 Å². The number of nitrogens with one attached hydrogen (secondary N) is 1. The number of nitro benzene ring substituents is 1. The van der Waals surface area contributed by atoms with Crippen molar-refractivity contribution >= 4 is 28.7 Å². The van der Waals surface area contributed by atoms with E-state index in [1.165, 1.54) is 6.07 Å². The van der Waals surface area contributed by atoms with Crippen molar-refractivity contribution in [2.24, 2.45) is 0 Å². The predicted octanol–water partition coefficient (Wildman–Crippen LogP) is 4.94. The van der Waals surface area contributed by atoms with E-state index < -0.39 is 4.92 Å². The van der Waals surface area contributed by atoms with Gasteiger partial charge < -0.3 is 5.32 Å². The molecule has 0 heterocycles. The summed E-state index contributed by atoms with van der Waals surface area (Å²) in [6.45, 7) is 2.10. The van der Waals surface area contributed by atoms with Gasteiger partial charge in [-0.15, -0.1) is 0 Å². The summed E-state index contributed by atoms with van der Waals surface area (Å²) in [6, 6.07) is 12.7. The molecule has 0 aliphatic heterocycles. The van der Waals surface area contributed by atoms with E-state index in [-0.39, 0.29) is 10.7 Å². The van der Waals surface area contributed by atoms with Crippen LogP contribution in [-0.2, 0) is 6.42 Å². The van der Waals surface area contributed by atoms with Gasteiger partial charge in [0.15, 0.2) is 0 Å². The second-order valence-corrected chi connectivity index (χ2v) is 4.83. The quantitative estimate of drug-likeness (QED) is 0.626. The molecule has 0 aromatic heterocycles. The largest absolute Gasteiger partial charge is 0.350 e. The van der Waals surface area contributed by atoms with Crippen molar-refractivity contribution in [2.45, 2.75) is 19.8 Å². The molecule has 2 rings (SSSR count). The summed E-state index contributed by atoms with van der Waals surface area (Å²) < 4.78 is 0. The Labute approximate surface area is 122 Å². The molecule has 0 aliphatic rings. The van der Waals surface area contributed by atoms with Crippen molar-refractivity contribution < 1.29 is 4.92 Å². The van der Waals surface area contributed by atoms with Crippen molar-refractivity contribution in [3.63, 3.8) is 0 Å². The zero-order valence-corrected chi connectivity index (χ0v) is 11.9. The highest BCUT2D eigenvalue weighted by Gasteiger charge is 2.18. The Hall–Kier alpha value is -2.07. The smallest absolute Gasteiger partial charge is 0.311 e. The van der Waals surface area contributed by atoms with Gasteiger partial charge >= 0.3 is 5.69 Å². The van der Waals surface area contributed by atoms with Crippen LogP contribution in [0.3, 0.4) is 0 Å². The van der Waals surface area contributed by atoms with Gasteiger partial charge in [-0.1, -0.05) is 49.2 Å². The zero-order chi connectivity index (χ0) is 14.5. The number of para-hydroxylation sites is 2. The van der Waals surface area contributed by atoms with E-state index in [1.807, 2.05) is 24.3 Å². The number of aryl methyl sites for hydroxylation is 1. The van der Waals surface area contributed by atoms with Gasteiger partial charge in [0.25, 0.3) is 0 Å². The number of anilines is 2. The van der Waals surface area contributed by atoms with E-state index in [0.29, 0.717) is 5.69 Å². The monoisotopic (exact) mass is 290 g/mol. The molecule has 0 spiro atoms. The molecule has 0 atom stereocenters. The third-order valence-electron chi connectivity index (χ3n) is 2.98. The fourth-order valence-corrected chi connectivity index (χ4v) is 2.32. The number of hydrogen-bond donors (Lipinski definition) is 1. The predicted molar refractivity (Wildman–Crippen MR) is 81.8 cm³/mol. The van der Waals surface area contributed by atoms with Crippen molar-refractivity contribution in [3.8, 4) is 0 Å². The maximum Gasteiger partial charge on any atom is 0.311 e. The number of hydrogen-bond acceptors (Lipinski definition) is 3. The Balaban J connectivity index is 2.40. The van der Waals surface area contributed by atoms with Crippen LogP contribution in [0.4, 0.5) is 17.1 Å². The van der Waals surface area contributed by atoms with Gasteiger partial charge in [0, 0.05) is 5.69 Å². The van der Waals surface area contributed by atoms with Gasteiger partial charge in [-0.25, -0.2) is 0 Å². The van der Waals surface area contributed by atoms with Crippen LogP contribution in [0.1, 0.15) is 18.9 Å².